The molecule has 0 aliphatic carbocycles. The van der Waals surface area contributed by atoms with Crippen molar-refractivity contribution in [2.45, 2.75) is 27.3 Å². The van der Waals surface area contributed by atoms with Gasteiger partial charge in [-0.3, -0.25) is 19.0 Å². The van der Waals surface area contributed by atoms with Crippen LogP contribution < -0.4 is 30.3 Å². The molecule has 0 radical (unpaired) electrons. The highest BCUT2D eigenvalue weighted by molar-refractivity contribution is 7.07. The molecule has 2 N–H and O–H groups in total. The number of anilines is 2. The van der Waals surface area contributed by atoms with E-state index in [0.29, 0.717) is 22.5 Å². The summed E-state index contributed by atoms with van der Waals surface area (Å²) in [5.41, 5.74) is 0.908. The maximum Gasteiger partial charge on any atom is 0.270 e. The van der Waals surface area contributed by atoms with Crippen LogP contribution >= 0.6 is 11.3 Å². The molecule has 0 atom stereocenters. The number of carbonyl (C=O) groups excluding carboxylic acids is 2. The Morgan fingerprint density at radius 1 is 1.38 bits per heavy atom. The highest BCUT2D eigenvalue weighted by atomic mass is 32.1. The summed E-state index contributed by atoms with van der Waals surface area (Å²) in [6.07, 6.45) is 6.68. The standard InChI is InChI=1S/C23H25N5O3S/c1-6-11-25-20(29)18(13-24)23-28(7-2)22(31)19(32-23)14-26-16-9-8-10-17(12-16)27(5)21(30)15(3)4/h1,8-10,12,14-15,26H,7,11H2,2-5H3,(H,25,29)/b19-14+,23-18-. The number of hydrogen-bond donors (Lipinski definition) is 2. The fourth-order valence-corrected chi connectivity index (χ4v) is 3.96. The van der Waals surface area contributed by atoms with Crippen molar-refractivity contribution < 1.29 is 9.59 Å². The molecule has 2 amide bonds. The molecule has 1 aromatic heterocycles. The Morgan fingerprint density at radius 2 is 2.09 bits per heavy atom. The Bertz CT molecular complexity index is 1270. The number of terminal acetylenes is 1. The SMILES string of the molecule is C#CCNC(=O)/C(C#N)=c1\s/c(=C/Nc2cccc(N(C)C(=O)C(C)C)c2)c(=O)n1CC. The van der Waals surface area contributed by atoms with Crippen LogP contribution in [0, 0.1) is 29.6 Å². The summed E-state index contributed by atoms with van der Waals surface area (Å²) in [6, 6.07) is 9.10. The van der Waals surface area contributed by atoms with Crippen molar-refractivity contribution in [2.75, 3.05) is 23.8 Å². The van der Waals surface area contributed by atoms with Gasteiger partial charge >= 0.3 is 0 Å². The minimum atomic E-state index is -0.626. The van der Waals surface area contributed by atoms with Crippen LogP contribution in [0.25, 0.3) is 11.8 Å². The van der Waals surface area contributed by atoms with E-state index < -0.39 is 5.91 Å². The average molecular weight is 452 g/mol. The van der Waals surface area contributed by atoms with Crippen LogP contribution in [-0.4, -0.2) is 30.0 Å². The number of rotatable bonds is 7. The third-order valence-corrected chi connectivity index (χ3v) is 5.69. The predicted molar refractivity (Wildman–Crippen MR) is 127 cm³/mol. The summed E-state index contributed by atoms with van der Waals surface area (Å²) in [5, 5.41) is 15.0. The molecule has 0 fully saturated rings. The van der Waals surface area contributed by atoms with Crippen molar-refractivity contribution in [1.29, 1.82) is 5.26 Å². The molecule has 0 unspecified atom stereocenters. The van der Waals surface area contributed by atoms with Crippen molar-refractivity contribution in [3.05, 3.63) is 43.8 Å². The number of carbonyl (C=O) groups is 2. The highest BCUT2D eigenvalue weighted by Crippen LogP contribution is 2.20. The number of aromatic nitrogens is 1. The normalized spacial score (nSPS) is 12.0. The summed E-state index contributed by atoms with van der Waals surface area (Å²) < 4.78 is 1.97. The minimum absolute atomic E-state index is 0.0115. The fraction of sp³-hybridized carbons (Fsp3) is 0.304. The van der Waals surface area contributed by atoms with Crippen LogP contribution in [-0.2, 0) is 16.1 Å². The van der Waals surface area contributed by atoms with E-state index in [9.17, 15) is 19.6 Å². The average Bonchev–Trinajstić information content (AvgIpc) is 3.10. The Kier molecular flexibility index (Phi) is 8.39. The fourth-order valence-electron chi connectivity index (χ4n) is 2.88. The molecule has 0 aliphatic heterocycles. The Balaban J connectivity index is 2.47. The molecule has 32 heavy (non-hydrogen) atoms. The number of amides is 2. The Labute approximate surface area is 190 Å². The zero-order valence-corrected chi connectivity index (χ0v) is 19.2. The molecule has 2 aromatic rings. The molecular weight excluding hydrogens is 426 g/mol. The lowest BCUT2D eigenvalue weighted by Crippen LogP contribution is -2.34. The Hall–Kier alpha value is -3.82. The van der Waals surface area contributed by atoms with E-state index in [1.165, 1.54) is 10.8 Å². The molecule has 1 aromatic carbocycles. The van der Waals surface area contributed by atoms with E-state index in [2.05, 4.69) is 16.6 Å². The summed E-state index contributed by atoms with van der Waals surface area (Å²) in [5.74, 6) is 1.50. The van der Waals surface area contributed by atoms with Crippen molar-refractivity contribution in [3.63, 3.8) is 0 Å². The maximum atomic E-state index is 12.8. The lowest BCUT2D eigenvalue weighted by atomic mass is 10.1. The molecule has 166 valence electrons. The first kappa shape index (κ1) is 24.4. The van der Waals surface area contributed by atoms with Gasteiger partial charge in [0.15, 0.2) is 5.57 Å². The van der Waals surface area contributed by atoms with E-state index in [-0.39, 0.29) is 34.2 Å². The second-order valence-electron chi connectivity index (χ2n) is 7.09. The predicted octanol–water partition coefficient (Wildman–Crippen LogP) is 0.822. The van der Waals surface area contributed by atoms with Gasteiger partial charge in [-0.05, 0) is 25.1 Å². The van der Waals surface area contributed by atoms with Gasteiger partial charge in [-0.1, -0.05) is 25.8 Å². The van der Waals surface area contributed by atoms with Gasteiger partial charge in [0.2, 0.25) is 5.91 Å². The molecule has 0 saturated carbocycles. The smallest absolute Gasteiger partial charge is 0.270 e. The molecule has 9 heteroatoms. The van der Waals surface area contributed by atoms with Gasteiger partial charge in [0.05, 0.1) is 6.54 Å². The zero-order valence-electron chi connectivity index (χ0n) is 18.4. The van der Waals surface area contributed by atoms with E-state index >= 15 is 0 Å². The van der Waals surface area contributed by atoms with Crippen LogP contribution in [0.15, 0.2) is 29.1 Å². The first-order chi connectivity index (χ1) is 15.2. The van der Waals surface area contributed by atoms with E-state index in [1.54, 1.807) is 37.1 Å². The van der Waals surface area contributed by atoms with Crippen LogP contribution in [0.3, 0.4) is 0 Å². The van der Waals surface area contributed by atoms with Crippen molar-refractivity contribution in [3.8, 4) is 18.4 Å². The largest absolute Gasteiger partial charge is 0.360 e. The van der Waals surface area contributed by atoms with Crippen LogP contribution in [0.2, 0.25) is 0 Å². The summed E-state index contributed by atoms with van der Waals surface area (Å²) in [7, 11) is 1.71. The molecule has 1 heterocycles. The maximum absolute atomic E-state index is 12.8. The third kappa shape index (κ3) is 5.45. The number of thiazole rings is 1. The van der Waals surface area contributed by atoms with Gasteiger partial charge in [-0.2, -0.15) is 5.26 Å². The number of benzene rings is 1. The number of nitrogens with zero attached hydrogens (tertiary/aromatic N) is 3. The molecule has 0 bridgehead atoms. The third-order valence-electron chi connectivity index (χ3n) is 4.56. The number of nitriles is 1. The van der Waals surface area contributed by atoms with Gasteiger partial charge in [-0.15, -0.1) is 17.8 Å². The van der Waals surface area contributed by atoms with E-state index in [1.807, 2.05) is 26.0 Å². The first-order valence-electron chi connectivity index (χ1n) is 9.95. The molecule has 0 spiro atoms. The topological polar surface area (TPSA) is 107 Å². The van der Waals surface area contributed by atoms with Crippen LogP contribution in [0.5, 0.6) is 0 Å². The quantitative estimate of drug-likeness (QED) is 0.606. The lowest BCUT2D eigenvalue weighted by Gasteiger charge is -2.20. The number of hydrogen-bond acceptors (Lipinski definition) is 6. The van der Waals surface area contributed by atoms with Crippen LogP contribution in [0.4, 0.5) is 11.4 Å². The number of nitrogens with one attached hydrogen (secondary N) is 2. The lowest BCUT2D eigenvalue weighted by molar-refractivity contribution is -0.121. The van der Waals surface area contributed by atoms with Crippen LogP contribution in [0.1, 0.15) is 20.8 Å². The van der Waals surface area contributed by atoms with E-state index in [4.69, 9.17) is 6.42 Å². The molecule has 2 rings (SSSR count). The molecular formula is C23H25N5O3S. The highest BCUT2D eigenvalue weighted by Gasteiger charge is 2.16. The monoisotopic (exact) mass is 451 g/mol. The van der Waals surface area contributed by atoms with Crippen molar-refractivity contribution in [2.24, 2.45) is 5.92 Å². The second-order valence-corrected chi connectivity index (χ2v) is 8.12. The van der Waals surface area contributed by atoms with Gasteiger partial charge in [0.1, 0.15) is 15.3 Å². The van der Waals surface area contributed by atoms with Gasteiger partial charge < -0.3 is 15.5 Å². The Morgan fingerprint density at radius 3 is 2.69 bits per heavy atom. The zero-order chi connectivity index (χ0) is 23.8. The molecule has 0 aliphatic rings. The summed E-state index contributed by atoms with van der Waals surface area (Å²) >= 11 is 1.04. The molecule has 8 nitrogen and oxygen atoms in total. The van der Waals surface area contributed by atoms with Gasteiger partial charge in [-0.25, -0.2) is 0 Å². The molecule has 0 saturated heterocycles. The van der Waals surface area contributed by atoms with Crippen molar-refractivity contribution >= 4 is 46.3 Å². The van der Waals surface area contributed by atoms with Gasteiger partial charge in [0, 0.05) is 37.1 Å². The second kappa shape index (κ2) is 11.0. The first-order valence-corrected chi connectivity index (χ1v) is 10.8. The van der Waals surface area contributed by atoms with Gasteiger partial charge in [0.25, 0.3) is 11.5 Å². The summed E-state index contributed by atoms with van der Waals surface area (Å²) in [4.78, 5) is 38.9. The minimum Gasteiger partial charge on any atom is -0.360 e. The van der Waals surface area contributed by atoms with Crippen molar-refractivity contribution in [1.82, 2.24) is 9.88 Å². The summed E-state index contributed by atoms with van der Waals surface area (Å²) in [6.45, 7) is 5.70. The van der Waals surface area contributed by atoms with E-state index in [0.717, 1.165) is 11.3 Å².